The Balaban J connectivity index is 1.78. The molecule has 186 valence electrons. The molecule has 2 N–H and O–H groups in total. The molecule has 0 radical (unpaired) electrons. The fraction of sp³-hybridized carbons (Fsp3) is 0.296. The lowest BCUT2D eigenvalue weighted by atomic mass is 10.1. The maximum Gasteiger partial charge on any atom is 0.328 e. The smallest absolute Gasteiger partial charge is 0.328 e. The molecule has 0 aliphatic carbocycles. The van der Waals surface area contributed by atoms with Gasteiger partial charge >= 0.3 is 5.97 Å². The number of nitrogens with zero attached hydrogens (tertiary/aromatic N) is 4. The predicted molar refractivity (Wildman–Crippen MR) is 138 cm³/mol. The Morgan fingerprint density at radius 1 is 1.17 bits per heavy atom. The average molecular weight is 488 g/mol. The van der Waals surface area contributed by atoms with E-state index in [4.69, 9.17) is 19.9 Å². The number of carbonyl (C=O) groups excluding carboxylic acids is 1. The molecule has 1 saturated heterocycles. The minimum absolute atomic E-state index is 0.0757. The number of anilines is 1. The van der Waals surface area contributed by atoms with Gasteiger partial charge in [0.25, 0.3) is 0 Å². The molecule has 9 nitrogen and oxygen atoms in total. The Hall–Kier alpha value is -4.45. The molecule has 1 fully saturated rings. The summed E-state index contributed by atoms with van der Waals surface area (Å²) >= 11 is 0. The Kier molecular flexibility index (Phi) is 7.15. The van der Waals surface area contributed by atoms with E-state index >= 15 is 0 Å². The van der Waals surface area contributed by atoms with E-state index in [0.29, 0.717) is 46.9 Å². The van der Waals surface area contributed by atoms with Crippen LogP contribution in [0, 0.1) is 11.8 Å². The van der Waals surface area contributed by atoms with Crippen LogP contribution in [0.4, 0.5) is 5.82 Å². The summed E-state index contributed by atoms with van der Waals surface area (Å²) in [5.41, 5.74) is 9.20. The van der Waals surface area contributed by atoms with Crippen molar-refractivity contribution in [1.29, 1.82) is 0 Å². The number of ether oxygens (including phenoxy) is 3. The van der Waals surface area contributed by atoms with Gasteiger partial charge in [-0.1, -0.05) is 24.5 Å². The van der Waals surface area contributed by atoms with Crippen molar-refractivity contribution >= 4 is 22.8 Å². The van der Waals surface area contributed by atoms with Crippen molar-refractivity contribution < 1.29 is 19.0 Å². The highest BCUT2D eigenvalue weighted by atomic mass is 16.5. The molecule has 1 aromatic carbocycles. The highest BCUT2D eigenvalue weighted by molar-refractivity contribution is 5.92. The van der Waals surface area contributed by atoms with Crippen LogP contribution in [0.3, 0.4) is 0 Å². The molecule has 36 heavy (non-hydrogen) atoms. The molecule has 4 rings (SSSR count). The highest BCUT2D eigenvalue weighted by Gasteiger charge is 2.39. The molecule has 2 unspecified atom stereocenters. The number of nitrogens with two attached hydrogens (primary N) is 1. The van der Waals surface area contributed by atoms with Crippen molar-refractivity contribution in [3.05, 3.63) is 66.3 Å². The van der Waals surface area contributed by atoms with Crippen LogP contribution < -0.4 is 15.2 Å². The number of hydrogen-bond donors (Lipinski definition) is 1. The monoisotopic (exact) mass is 487 g/mol. The zero-order valence-corrected chi connectivity index (χ0v) is 20.8. The number of fused-ring (bicyclic) bond motifs is 1. The minimum atomic E-state index is -0.445. The van der Waals surface area contributed by atoms with Crippen molar-refractivity contribution in [3.63, 3.8) is 0 Å². The third-order valence-electron chi connectivity index (χ3n) is 6.31. The molecule has 0 spiro atoms. The maximum absolute atomic E-state index is 12.6. The van der Waals surface area contributed by atoms with E-state index in [1.807, 2.05) is 40.8 Å². The summed E-state index contributed by atoms with van der Waals surface area (Å²) in [4.78, 5) is 23.3. The molecule has 3 aromatic rings. The van der Waals surface area contributed by atoms with E-state index in [-0.39, 0.29) is 12.0 Å². The first-order valence-electron chi connectivity index (χ1n) is 11.4. The standard InChI is InChI=1S/C27H29N5O4/c1-6-19(7-2)31-15-20(12-23(31)27(33)36-5)32-14-18(24-25(28)29-16-30-26(24)32)9-8-17-10-21(34-3)13-22(11-17)35-4/h6-7,10-11,13-14,16,20,23H,1,12,15H2,2-5H3,(H2,28,29,30)/b19-7-. The van der Waals surface area contributed by atoms with Gasteiger partial charge in [-0.25, -0.2) is 14.8 Å². The largest absolute Gasteiger partial charge is 0.497 e. The molecule has 3 heterocycles. The molecule has 0 saturated carbocycles. The Labute approximate surface area is 210 Å². The van der Waals surface area contributed by atoms with E-state index in [1.54, 1.807) is 26.4 Å². The minimum Gasteiger partial charge on any atom is -0.497 e. The molecule has 2 aromatic heterocycles. The first-order valence-corrected chi connectivity index (χ1v) is 11.4. The topological polar surface area (TPSA) is 105 Å². The summed E-state index contributed by atoms with van der Waals surface area (Å²) in [5, 5.41) is 0.669. The molecule has 1 aliphatic heterocycles. The number of rotatable bonds is 6. The van der Waals surface area contributed by atoms with E-state index in [0.717, 1.165) is 11.3 Å². The van der Waals surface area contributed by atoms with Gasteiger partial charge in [0.15, 0.2) is 0 Å². The number of carbonyl (C=O) groups is 1. The van der Waals surface area contributed by atoms with Crippen LogP contribution in [-0.4, -0.2) is 59.3 Å². The normalized spacial score (nSPS) is 17.4. The Bertz CT molecular complexity index is 1380. The summed E-state index contributed by atoms with van der Waals surface area (Å²) in [6.45, 7) is 6.38. The number of allylic oxidation sites excluding steroid dienone is 2. The zero-order valence-electron chi connectivity index (χ0n) is 20.8. The van der Waals surface area contributed by atoms with Crippen LogP contribution in [-0.2, 0) is 9.53 Å². The number of methoxy groups -OCH3 is 3. The number of esters is 1. The van der Waals surface area contributed by atoms with E-state index in [9.17, 15) is 4.79 Å². The lowest BCUT2D eigenvalue weighted by molar-refractivity contribution is -0.145. The summed E-state index contributed by atoms with van der Waals surface area (Å²) in [7, 11) is 4.59. The number of nitrogen functional groups attached to an aromatic ring is 1. The van der Waals surface area contributed by atoms with Gasteiger partial charge in [0.05, 0.1) is 38.3 Å². The summed E-state index contributed by atoms with van der Waals surface area (Å²) in [5.74, 6) is 7.72. The summed E-state index contributed by atoms with van der Waals surface area (Å²) < 4.78 is 17.8. The van der Waals surface area contributed by atoms with Crippen LogP contribution in [0.2, 0.25) is 0 Å². The van der Waals surface area contributed by atoms with Gasteiger partial charge in [-0.3, -0.25) is 0 Å². The van der Waals surface area contributed by atoms with Gasteiger partial charge < -0.3 is 29.4 Å². The quantitative estimate of drug-likeness (QED) is 0.321. The molecule has 0 amide bonds. The van der Waals surface area contributed by atoms with Crippen molar-refractivity contribution in [1.82, 2.24) is 19.4 Å². The number of aromatic nitrogens is 3. The summed E-state index contributed by atoms with van der Waals surface area (Å²) in [6, 6.07) is 4.93. The van der Waals surface area contributed by atoms with E-state index < -0.39 is 6.04 Å². The molecule has 0 bridgehead atoms. The SMILES string of the molecule is C=C/C(=C/C)N1CC(n2cc(C#Cc3cc(OC)cc(OC)c3)c3c(N)ncnc32)CC1C(=O)OC. The van der Waals surface area contributed by atoms with Crippen molar-refractivity contribution in [3.8, 4) is 23.3 Å². The third kappa shape index (κ3) is 4.58. The van der Waals surface area contributed by atoms with Crippen LogP contribution in [0.5, 0.6) is 11.5 Å². The molecular formula is C27H29N5O4. The Morgan fingerprint density at radius 3 is 2.50 bits per heavy atom. The highest BCUT2D eigenvalue weighted by Crippen LogP contribution is 2.35. The van der Waals surface area contributed by atoms with Crippen molar-refractivity contribution in [2.45, 2.75) is 25.4 Å². The predicted octanol–water partition coefficient (Wildman–Crippen LogP) is 3.31. The molecular weight excluding hydrogens is 458 g/mol. The lowest BCUT2D eigenvalue weighted by Crippen LogP contribution is -2.35. The van der Waals surface area contributed by atoms with Crippen LogP contribution >= 0.6 is 0 Å². The maximum atomic E-state index is 12.6. The molecule has 9 heteroatoms. The van der Waals surface area contributed by atoms with Gasteiger partial charge in [-0.15, -0.1) is 0 Å². The van der Waals surface area contributed by atoms with Gasteiger partial charge in [-0.05, 0) is 25.1 Å². The second-order valence-electron chi connectivity index (χ2n) is 8.26. The van der Waals surface area contributed by atoms with Gasteiger partial charge in [0.2, 0.25) is 0 Å². The van der Waals surface area contributed by atoms with Gasteiger partial charge in [-0.2, -0.15) is 0 Å². The number of likely N-dealkylation sites (tertiary alicyclic amines) is 1. The van der Waals surface area contributed by atoms with Crippen molar-refractivity contribution in [2.24, 2.45) is 0 Å². The van der Waals surface area contributed by atoms with Crippen LogP contribution in [0.15, 0.2) is 55.2 Å². The molecule has 2 atom stereocenters. The number of hydrogen-bond acceptors (Lipinski definition) is 8. The van der Waals surface area contributed by atoms with Crippen molar-refractivity contribution in [2.75, 3.05) is 33.6 Å². The fourth-order valence-electron chi connectivity index (χ4n) is 4.56. The Morgan fingerprint density at radius 2 is 1.89 bits per heavy atom. The second kappa shape index (κ2) is 10.4. The number of benzene rings is 1. The summed E-state index contributed by atoms with van der Waals surface area (Å²) in [6.07, 6.45) is 7.56. The van der Waals surface area contributed by atoms with Gasteiger partial charge in [0, 0.05) is 36.5 Å². The van der Waals surface area contributed by atoms with Gasteiger partial charge in [0.1, 0.15) is 35.3 Å². The first kappa shape index (κ1) is 24.7. The van der Waals surface area contributed by atoms with E-state index in [1.165, 1.54) is 13.4 Å². The van der Waals surface area contributed by atoms with Crippen LogP contribution in [0.25, 0.3) is 11.0 Å². The average Bonchev–Trinajstić information content (AvgIpc) is 3.50. The van der Waals surface area contributed by atoms with Crippen LogP contribution in [0.1, 0.15) is 30.5 Å². The van der Waals surface area contributed by atoms with E-state index in [2.05, 4.69) is 28.4 Å². The first-order chi connectivity index (χ1) is 17.4. The molecule has 1 aliphatic rings. The third-order valence-corrected chi connectivity index (χ3v) is 6.31. The fourth-order valence-corrected chi connectivity index (χ4v) is 4.56. The second-order valence-corrected chi connectivity index (χ2v) is 8.26. The lowest BCUT2D eigenvalue weighted by Gasteiger charge is -2.25. The zero-order chi connectivity index (χ0) is 25.8.